The van der Waals surface area contributed by atoms with Crippen LogP contribution in [-0.4, -0.2) is 52.1 Å². The summed E-state index contributed by atoms with van der Waals surface area (Å²) in [6.07, 6.45) is 0. The van der Waals surface area contributed by atoms with Crippen molar-refractivity contribution in [1.29, 1.82) is 0 Å². The first-order chi connectivity index (χ1) is 14.1. The van der Waals surface area contributed by atoms with Crippen molar-refractivity contribution in [3.05, 3.63) is 46.7 Å². The first kappa shape index (κ1) is 23.0. The number of furan rings is 1. The van der Waals surface area contributed by atoms with Gasteiger partial charge in [-0.1, -0.05) is 12.1 Å². The van der Waals surface area contributed by atoms with Crippen LogP contribution in [0.5, 0.6) is 0 Å². The Morgan fingerprint density at radius 2 is 1.80 bits per heavy atom. The molecule has 9 heteroatoms. The van der Waals surface area contributed by atoms with Crippen molar-refractivity contribution in [2.75, 3.05) is 44.5 Å². The fraction of sp³-hybridized carbons (Fsp3) is 0.381. The number of esters is 1. The number of nitrogens with one attached hydrogen (secondary N) is 2. The number of primary amides is 1. The van der Waals surface area contributed by atoms with Crippen LogP contribution >= 0.6 is 0 Å². The van der Waals surface area contributed by atoms with Crippen LogP contribution in [0.3, 0.4) is 0 Å². The lowest BCUT2D eigenvalue weighted by molar-refractivity contribution is -0.885. The monoisotopic (exact) mass is 417 g/mol. The molecule has 0 radical (unpaired) electrons. The number of rotatable bonds is 9. The zero-order valence-corrected chi connectivity index (χ0v) is 18.0. The smallest absolute Gasteiger partial charge is 0.342 e. The molecule has 1 aromatic carbocycles. The Hall–Kier alpha value is -3.33. The van der Waals surface area contributed by atoms with Crippen molar-refractivity contribution in [1.82, 2.24) is 0 Å². The predicted molar refractivity (Wildman–Crippen MR) is 113 cm³/mol. The summed E-state index contributed by atoms with van der Waals surface area (Å²) >= 11 is 0. The van der Waals surface area contributed by atoms with E-state index in [1.54, 1.807) is 6.92 Å². The predicted octanol–water partition coefficient (Wildman–Crippen LogP) is 0.583. The number of carbonyl (C=O) groups is 3. The van der Waals surface area contributed by atoms with Gasteiger partial charge in [-0.3, -0.25) is 14.9 Å². The normalized spacial score (nSPS) is 11.6. The number of nitrogens with zero attached hydrogens (tertiary/aromatic N) is 1. The van der Waals surface area contributed by atoms with Crippen molar-refractivity contribution < 1.29 is 28.4 Å². The molecule has 0 bridgehead atoms. The van der Waals surface area contributed by atoms with Gasteiger partial charge >= 0.3 is 5.97 Å². The van der Waals surface area contributed by atoms with E-state index < -0.39 is 11.9 Å². The molecule has 0 saturated carbocycles. The second-order valence-electron chi connectivity index (χ2n) is 7.24. The Labute approximate surface area is 175 Å². The van der Waals surface area contributed by atoms with Crippen LogP contribution in [0.1, 0.15) is 39.0 Å². The molecule has 0 aliphatic rings. The Bertz CT molecular complexity index is 918. The highest BCUT2D eigenvalue weighted by Gasteiger charge is 2.29. The minimum atomic E-state index is -0.883. The molecule has 0 saturated heterocycles. The van der Waals surface area contributed by atoms with Gasteiger partial charge in [-0.15, -0.1) is 0 Å². The van der Waals surface area contributed by atoms with Crippen LogP contribution in [0.25, 0.3) is 0 Å². The average Bonchev–Trinajstić information content (AvgIpc) is 2.98. The van der Waals surface area contributed by atoms with E-state index in [0.29, 0.717) is 6.54 Å². The number of benzene rings is 1. The summed E-state index contributed by atoms with van der Waals surface area (Å²) < 4.78 is 10.4. The third-order valence-corrected chi connectivity index (χ3v) is 4.48. The minimum absolute atomic E-state index is 0.0682. The van der Waals surface area contributed by atoms with E-state index in [0.717, 1.165) is 16.2 Å². The lowest BCUT2D eigenvalue weighted by Gasteiger charge is -2.15. The molecule has 2 rings (SSSR count). The molecular weight excluding hydrogens is 388 g/mol. The standard InChI is InChI=1S/C21H28N4O5/c1-6-29-21(28)17-13(2)30-20(18(17)19(22)27)23-16(26)12-25(5)11-14-7-9-15(10-8-14)24(3)4/h7-10H,6,11-12H2,1-5H3,(H2,22,27)(H,23,26)/p+1. The number of amides is 2. The third-order valence-electron chi connectivity index (χ3n) is 4.48. The highest BCUT2D eigenvalue weighted by molar-refractivity contribution is 6.10. The number of hydrogen-bond acceptors (Lipinski definition) is 6. The van der Waals surface area contributed by atoms with Crippen LogP contribution in [0.2, 0.25) is 0 Å². The number of likely N-dealkylation sites (N-methyl/N-ethyl adjacent to an activating group) is 1. The maximum absolute atomic E-state index is 12.5. The van der Waals surface area contributed by atoms with E-state index in [1.807, 2.05) is 50.3 Å². The Morgan fingerprint density at radius 1 is 1.17 bits per heavy atom. The molecule has 0 aliphatic heterocycles. The van der Waals surface area contributed by atoms with Gasteiger partial charge < -0.3 is 24.7 Å². The quantitative estimate of drug-likeness (QED) is 0.514. The molecule has 0 fully saturated rings. The number of anilines is 2. The Morgan fingerprint density at radius 3 is 2.33 bits per heavy atom. The van der Waals surface area contributed by atoms with Gasteiger partial charge in [0.15, 0.2) is 6.54 Å². The van der Waals surface area contributed by atoms with Crippen LogP contribution in [0.15, 0.2) is 28.7 Å². The first-order valence-electron chi connectivity index (χ1n) is 9.61. The molecule has 1 atom stereocenters. The SMILES string of the molecule is CCOC(=O)c1c(C)oc(NC(=O)C[NH+](C)Cc2ccc(N(C)C)cc2)c1C(N)=O. The second-order valence-corrected chi connectivity index (χ2v) is 7.24. The highest BCUT2D eigenvalue weighted by Crippen LogP contribution is 2.27. The number of hydrogen-bond donors (Lipinski definition) is 3. The van der Waals surface area contributed by atoms with E-state index in [-0.39, 0.29) is 41.8 Å². The van der Waals surface area contributed by atoms with Crippen LogP contribution in [0, 0.1) is 6.92 Å². The van der Waals surface area contributed by atoms with Gasteiger partial charge in [0.1, 0.15) is 23.4 Å². The van der Waals surface area contributed by atoms with Gasteiger partial charge in [-0.25, -0.2) is 4.79 Å². The van der Waals surface area contributed by atoms with Crippen molar-refractivity contribution >= 4 is 29.4 Å². The van der Waals surface area contributed by atoms with Gasteiger partial charge in [0.05, 0.1) is 13.7 Å². The van der Waals surface area contributed by atoms with Crippen molar-refractivity contribution in [2.24, 2.45) is 5.73 Å². The third kappa shape index (κ3) is 5.60. The van der Waals surface area contributed by atoms with E-state index >= 15 is 0 Å². The van der Waals surface area contributed by atoms with Crippen molar-refractivity contribution in [2.45, 2.75) is 20.4 Å². The van der Waals surface area contributed by atoms with E-state index in [2.05, 4.69) is 5.32 Å². The lowest BCUT2D eigenvalue weighted by atomic mass is 10.1. The largest absolute Gasteiger partial charge is 0.462 e. The second kappa shape index (κ2) is 9.93. The summed E-state index contributed by atoms with van der Waals surface area (Å²) in [6, 6.07) is 8.07. The summed E-state index contributed by atoms with van der Waals surface area (Å²) in [6.45, 7) is 4.04. The Balaban J connectivity index is 2.07. The molecule has 1 aromatic heterocycles. The molecular formula is C21H29N4O5+. The molecule has 0 spiro atoms. The summed E-state index contributed by atoms with van der Waals surface area (Å²) in [7, 11) is 5.83. The van der Waals surface area contributed by atoms with E-state index in [1.165, 1.54) is 6.92 Å². The summed E-state index contributed by atoms with van der Waals surface area (Å²) in [5.41, 5.74) is 7.34. The zero-order valence-electron chi connectivity index (χ0n) is 18.0. The fourth-order valence-corrected chi connectivity index (χ4v) is 3.08. The fourth-order valence-electron chi connectivity index (χ4n) is 3.08. The molecule has 1 heterocycles. The molecule has 30 heavy (non-hydrogen) atoms. The topological polar surface area (TPSA) is 119 Å². The van der Waals surface area contributed by atoms with Gasteiger partial charge in [0.2, 0.25) is 5.88 Å². The van der Waals surface area contributed by atoms with Gasteiger partial charge in [-0.05, 0) is 26.0 Å². The number of ether oxygens (including phenoxy) is 1. The molecule has 162 valence electrons. The lowest BCUT2D eigenvalue weighted by Crippen LogP contribution is -3.08. The van der Waals surface area contributed by atoms with E-state index in [9.17, 15) is 14.4 Å². The van der Waals surface area contributed by atoms with Gasteiger partial charge in [0, 0.05) is 25.3 Å². The minimum Gasteiger partial charge on any atom is -0.462 e. The van der Waals surface area contributed by atoms with Crippen LogP contribution in [-0.2, 0) is 16.1 Å². The maximum Gasteiger partial charge on any atom is 0.342 e. The molecule has 1 unspecified atom stereocenters. The summed E-state index contributed by atoms with van der Waals surface area (Å²) in [5.74, 6) is -1.97. The van der Waals surface area contributed by atoms with Crippen LogP contribution in [0.4, 0.5) is 11.6 Å². The first-order valence-corrected chi connectivity index (χ1v) is 9.61. The zero-order chi connectivity index (χ0) is 22.4. The van der Waals surface area contributed by atoms with Gasteiger partial charge in [0.25, 0.3) is 11.8 Å². The number of carbonyl (C=O) groups excluding carboxylic acids is 3. The molecule has 4 N–H and O–H groups in total. The summed E-state index contributed by atoms with van der Waals surface area (Å²) in [5, 5.41) is 2.55. The molecule has 2 amide bonds. The van der Waals surface area contributed by atoms with Crippen LogP contribution < -0.4 is 20.9 Å². The number of quaternary nitrogens is 1. The average molecular weight is 417 g/mol. The summed E-state index contributed by atoms with van der Waals surface area (Å²) in [4.78, 5) is 39.4. The van der Waals surface area contributed by atoms with Crippen molar-refractivity contribution in [3.8, 4) is 0 Å². The molecule has 2 aromatic rings. The maximum atomic E-state index is 12.5. The highest BCUT2D eigenvalue weighted by atomic mass is 16.5. The Kier molecular flexibility index (Phi) is 7.60. The van der Waals surface area contributed by atoms with Crippen molar-refractivity contribution in [3.63, 3.8) is 0 Å². The number of aryl methyl sites for hydroxylation is 1. The molecule has 0 aliphatic carbocycles. The van der Waals surface area contributed by atoms with Gasteiger partial charge in [-0.2, -0.15) is 0 Å². The number of nitrogens with two attached hydrogens (primary N) is 1. The molecule has 9 nitrogen and oxygen atoms in total. The van der Waals surface area contributed by atoms with E-state index in [4.69, 9.17) is 14.9 Å².